The molecule has 13 heteroatoms. The molecule has 0 aliphatic carbocycles. The number of hydrogen-bond acceptors (Lipinski definition) is 11. The van der Waals surface area contributed by atoms with Crippen molar-refractivity contribution in [3.8, 4) is 0 Å². The van der Waals surface area contributed by atoms with Gasteiger partial charge < -0.3 is 0 Å². The van der Waals surface area contributed by atoms with Gasteiger partial charge in [-0.1, -0.05) is 6.42 Å². The standard InChI is InChI=1S/C10H14N6O4S3/c1-23(19,20)6-4-2-3-5-10(12-14-15-13-10)22-9-11-7-8(21-9)16(17)18/h7H,2-6H2,1H3. The first-order valence-corrected chi connectivity index (χ1v) is 10.3. The lowest BCUT2D eigenvalue weighted by Crippen LogP contribution is -2.16. The first-order valence-electron chi connectivity index (χ1n) is 6.61. The van der Waals surface area contributed by atoms with Crippen LogP contribution in [0.1, 0.15) is 25.7 Å². The van der Waals surface area contributed by atoms with Gasteiger partial charge in [-0.05, 0) is 46.4 Å². The van der Waals surface area contributed by atoms with Gasteiger partial charge in [-0.15, -0.1) is 10.2 Å². The van der Waals surface area contributed by atoms with Gasteiger partial charge in [0.05, 0.1) is 4.92 Å². The van der Waals surface area contributed by atoms with Crippen molar-refractivity contribution < 1.29 is 13.3 Å². The van der Waals surface area contributed by atoms with Crippen molar-refractivity contribution in [3.63, 3.8) is 0 Å². The van der Waals surface area contributed by atoms with Crippen LogP contribution in [0.4, 0.5) is 5.00 Å². The van der Waals surface area contributed by atoms with E-state index in [1.807, 2.05) is 0 Å². The van der Waals surface area contributed by atoms with Crippen LogP contribution in [-0.4, -0.2) is 35.3 Å². The van der Waals surface area contributed by atoms with E-state index >= 15 is 0 Å². The number of thiazole rings is 1. The Morgan fingerprint density at radius 1 is 1.30 bits per heavy atom. The minimum Gasteiger partial charge on any atom is -0.257 e. The normalized spacial score (nSPS) is 16.0. The fourth-order valence-corrected chi connectivity index (χ4v) is 4.61. The van der Waals surface area contributed by atoms with Crippen molar-refractivity contribution in [3.05, 3.63) is 16.3 Å². The average Bonchev–Trinajstić information content (AvgIpc) is 3.07. The molecule has 10 nitrogen and oxygen atoms in total. The van der Waals surface area contributed by atoms with Gasteiger partial charge in [0.1, 0.15) is 16.0 Å². The second kappa shape index (κ2) is 7.40. The van der Waals surface area contributed by atoms with E-state index in [1.54, 1.807) is 0 Å². The molecule has 0 saturated carbocycles. The summed E-state index contributed by atoms with van der Waals surface area (Å²) in [7, 11) is -2.95. The van der Waals surface area contributed by atoms with Gasteiger partial charge in [-0.3, -0.25) is 10.1 Å². The fourth-order valence-electron chi connectivity index (χ4n) is 1.81. The molecule has 0 amide bonds. The van der Waals surface area contributed by atoms with E-state index in [9.17, 15) is 18.5 Å². The van der Waals surface area contributed by atoms with E-state index in [-0.39, 0.29) is 10.8 Å². The Balaban J connectivity index is 1.90. The van der Waals surface area contributed by atoms with E-state index in [0.29, 0.717) is 30.0 Å². The smallest absolute Gasteiger partial charge is 0.257 e. The molecule has 0 atom stereocenters. The second-order valence-electron chi connectivity index (χ2n) is 4.89. The van der Waals surface area contributed by atoms with Gasteiger partial charge in [0.15, 0.2) is 4.34 Å². The predicted molar refractivity (Wildman–Crippen MR) is 85.2 cm³/mol. The van der Waals surface area contributed by atoms with E-state index < -0.39 is 19.8 Å². The molecule has 0 saturated heterocycles. The Hall–Kier alpha value is -1.47. The highest BCUT2D eigenvalue weighted by molar-refractivity contribution is 8.02. The lowest BCUT2D eigenvalue weighted by molar-refractivity contribution is -0.380. The molecule has 0 aromatic carbocycles. The lowest BCUT2D eigenvalue weighted by Gasteiger charge is -2.16. The van der Waals surface area contributed by atoms with E-state index in [2.05, 4.69) is 25.7 Å². The first-order chi connectivity index (χ1) is 10.8. The highest BCUT2D eigenvalue weighted by atomic mass is 32.2. The van der Waals surface area contributed by atoms with Crippen molar-refractivity contribution in [2.45, 2.75) is 35.0 Å². The largest absolute Gasteiger partial charge is 0.344 e. The summed E-state index contributed by atoms with van der Waals surface area (Å²) in [5.41, 5.74) is 0. The summed E-state index contributed by atoms with van der Waals surface area (Å²) in [4.78, 5) is 13.2. The summed E-state index contributed by atoms with van der Waals surface area (Å²) in [5.74, 6) is 0.148. The molecule has 0 unspecified atom stereocenters. The minimum atomic E-state index is -2.95. The molecule has 2 rings (SSSR count). The summed E-state index contributed by atoms with van der Waals surface area (Å²) in [6.45, 7) is 0. The molecule has 0 bridgehead atoms. The number of unbranched alkanes of at least 4 members (excludes halogenated alkanes) is 2. The molecule has 1 aliphatic rings. The maximum absolute atomic E-state index is 11.1. The van der Waals surface area contributed by atoms with Crippen LogP contribution in [0.15, 0.2) is 31.2 Å². The number of hydrogen-bond donors (Lipinski definition) is 0. The predicted octanol–water partition coefficient (Wildman–Crippen LogP) is 3.24. The van der Waals surface area contributed by atoms with E-state index in [0.717, 1.165) is 23.1 Å². The highest BCUT2D eigenvalue weighted by Crippen LogP contribution is 2.44. The molecule has 2 heterocycles. The van der Waals surface area contributed by atoms with Crippen molar-refractivity contribution >= 4 is 37.9 Å². The zero-order valence-corrected chi connectivity index (χ0v) is 14.6. The zero-order chi connectivity index (χ0) is 16.9. The molecule has 0 radical (unpaired) electrons. The highest BCUT2D eigenvalue weighted by Gasteiger charge is 2.36. The van der Waals surface area contributed by atoms with Crippen molar-refractivity contribution in [1.82, 2.24) is 4.98 Å². The van der Waals surface area contributed by atoms with Crippen LogP contribution >= 0.6 is 23.1 Å². The zero-order valence-electron chi connectivity index (χ0n) is 12.2. The Morgan fingerprint density at radius 3 is 2.57 bits per heavy atom. The summed E-state index contributed by atoms with van der Waals surface area (Å²) < 4.78 is 22.6. The maximum atomic E-state index is 11.1. The van der Waals surface area contributed by atoms with Gasteiger partial charge >= 0.3 is 5.00 Å². The van der Waals surface area contributed by atoms with Gasteiger partial charge in [-0.2, -0.15) is 0 Å². The number of rotatable bonds is 9. The Morgan fingerprint density at radius 2 is 2.00 bits per heavy atom. The van der Waals surface area contributed by atoms with Crippen LogP contribution in [0.5, 0.6) is 0 Å². The van der Waals surface area contributed by atoms with Crippen LogP contribution in [0, 0.1) is 10.1 Å². The van der Waals surface area contributed by atoms with E-state index in [4.69, 9.17) is 0 Å². The van der Waals surface area contributed by atoms with Crippen molar-refractivity contribution in [2.24, 2.45) is 20.7 Å². The summed E-state index contributed by atoms with van der Waals surface area (Å²) in [6, 6.07) is 0. The quantitative estimate of drug-likeness (QED) is 0.367. The molecule has 0 fully saturated rings. The Bertz CT molecular complexity index is 717. The molecule has 1 aliphatic heterocycles. The van der Waals surface area contributed by atoms with Gasteiger partial charge in [-0.25, -0.2) is 13.4 Å². The van der Waals surface area contributed by atoms with Crippen LogP contribution in [0.3, 0.4) is 0 Å². The lowest BCUT2D eigenvalue weighted by atomic mass is 10.2. The molecule has 0 spiro atoms. The topological polar surface area (TPSA) is 140 Å². The number of nitro groups is 1. The molecular weight excluding hydrogens is 364 g/mol. The van der Waals surface area contributed by atoms with Crippen molar-refractivity contribution in [2.75, 3.05) is 12.0 Å². The van der Waals surface area contributed by atoms with Crippen LogP contribution in [0.25, 0.3) is 0 Å². The minimum absolute atomic E-state index is 0.0531. The molecule has 1 aromatic rings. The summed E-state index contributed by atoms with van der Waals surface area (Å²) >= 11 is 2.11. The molecule has 0 N–H and O–H groups in total. The maximum Gasteiger partial charge on any atom is 0.344 e. The van der Waals surface area contributed by atoms with E-state index in [1.165, 1.54) is 12.5 Å². The third-order valence-corrected chi connectivity index (χ3v) is 6.11. The second-order valence-corrected chi connectivity index (χ2v) is 9.66. The number of aromatic nitrogens is 1. The monoisotopic (exact) mass is 378 g/mol. The third kappa shape index (κ3) is 5.58. The van der Waals surface area contributed by atoms with Crippen molar-refractivity contribution in [1.29, 1.82) is 0 Å². The molecular formula is C10H14N6O4S3. The SMILES string of the molecule is CS(=O)(=O)CCCCCC1(Sc2ncc([N+](=O)[O-])s2)N=NN=N1. The van der Waals surface area contributed by atoms with Gasteiger partial charge in [0.25, 0.3) is 0 Å². The first kappa shape index (κ1) is 17.9. The number of sulfone groups is 1. The molecule has 126 valence electrons. The fraction of sp³-hybridized carbons (Fsp3) is 0.700. The van der Waals surface area contributed by atoms with Gasteiger partial charge in [0, 0.05) is 18.4 Å². The molecule has 1 aromatic heterocycles. The average molecular weight is 378 g/mol. The van der Waals surface area contributed by atoms with Crippen LogP contribution in [-0.2, 0) is 9.84 Å². The van der Waals surface area contributed by atoms with Crippen LogP contribution in [0.2, 0.25) is 0 Å². The Labute approximate surface area is 140 Å². The van der Waals surface area contributed by atoms with Crippen LogP contribution < -0.4 is 0 Å². The van der Waals surface area contributed by atoms with Gasteiger partial charge in [0.2, 0.25) is 4.99 Å². The number of thioether (sulfide) groups is 1. The summed E-state index contributed by atoms with van der Waals surface area (Å²) in [5, 5.41) is 25.7. The molecule has 23 heavy (non-hydrogen) atoms. The third-order valence-electron chi connectivity index (χ3n) is 2.86. The Kier molecular flexibility index (Phi) is 5.75. The number of nitrogens with zero attached hydrogens (tertiary/aromatic N) is 6. The summed E-state index contributed by atoms with van der Waals surface area (Å²) in [6.07, 6.45) is 4.86.